The largest absolute Gasteiger partial charge is 0.489 e. The first-order valence-corrected chi connectivity index (χ1v) is 9.39. The molecule has 0 unspecified atom stereocenters. The number of aromatic nitrogens is 2. The molecule has 0 saturated heterocycles. The Balaban J connectivity index is 1.38. The number of benzene rings is 2. The molecule has 1 aliphatic rings. The second kappa shape index (κ2) is 7.38. The second-order valence-electron chi connectivity index (χ2n) is 6.43. The molecule has 2 heterocycles. The summed E-state index contributed by atoms with van der Waals surface area (Å²) >= 11 is 3.51. The third kappa shape index (κ3) is 3.83. The van der Waals surface area contributed by atoms with Crippen molar-refractivity contribution < 1.29 is 4.74 Å². The molecule has 0 amide bonds. The van der Waals surface area contributed by atoms with E-state index in [1.807, 2.05) is 31.5 Å². The molecule has 1 aromatic heterocycles. The Kier molecular flexibility index (Phi) is 4.80. The van der Waals surface area contributed by atoms with Crippen molar-refractivity contribution in [1.29, 1.82) is 0 Å². The summed E-state index contributed by atoms with van der Waals surface area (Å²) in [5, 5.41) is 3.48. The van der Waals surface area contributed by atoms with E-state index in [1.54, 1.807) is 0 Å². The van der Waals surface area contributed by atoms with Crippen molar-refractivity contribution in [2.75, 3.05) is 18.5 Å². The zero-order valence-corrected chi connectivity index (χ0v) is 16.2. The number of nitrogens with zero attached hydrogens (tertiary/aromatic N) is 2. The van der Waals surface area contributed by atoms with Crippen molar-refractivity contribution in [2.45, 2.75) is 13.5 Å². The Bertz CT molecular complexity index is 944. The van der Waals surface area contributed by atoms with Crippen molar-refractivity contribution in [2.24, 2.45) is 0 Å². The summed E-state index contributed by atoms with van der Waals surface area (Å²) in [6.45, 7) is 4.26. The van der Waals surface area contributed by atoms with Gasteiger partial charge in [-0.05, 0) is 54.5 Å². The molecule has 1 aliphatic heterocycles. The van der Waals surface area contributed by atoms with Gasteiger partial charge in [-0.25, -0.2) is 4.98 Å². The van der Waals surface area contributed by atoms with E-state index in [4.69, 9.17) is 4.74 Å². The number of ether oxygens (including phenoxy) is 1. The van der Waals surface area contributed by atoms with Gasteiger partial charge in [0.25, 0.3) is 0 Å². The van der Waals surface area contributed by atoms with Crippen LogP contribution < -0.4 is 10.1 Å². The lowest BCUT2D eigenvalue weighted by Crippen LogP contribution is -2.14. The lowest BCUT2D eigenvalue weighted by Gasteiger charge is -2.19. The van der Waals surface area contributed by atoms with E-state index < -0.39 is 0 Å². The number of rotatable bonds is 5. The molecule has 0 saturated carbocycles. The first kappa shape index (κ1) is 16.9. The molecular weight excluding hydrogens is 390 g/mol. The van der Waals surface area contributed by atoms with Crippen LogP contribution in [-0.2, 0) is 6.54 Å². The number of imidazole rings is 1. The monoisotopic (exact) mass is 409 g/mol. The van der Waals surface area contributed by atoms with Crippen LogP contribution in [-0.4, -0.2) is 22.7 Å². The molecule has 0 aliphatic carbocycles. The van der Waals surface area contributed by atoms with E-state index >= 15 is 0 Å². The van der Waals surface area contributed by atoms with Crippen LogP contribution in [0.4, 0.5) is 5.69 Å². The van der Waals surface area contributed by atoms with Crippen LogP contribution in [0.15, 0.2) is 64.9 Å². The number of hydrogen-bond donors (Lipinski definition) is 1. The Labute approximate surface area is 161 Å². The second-order valence-corrected chi connectivity index (χ2v) is 7.34. The van der Waals surface area contributed by atoms with Gasteiger partial charge in [0.15, 0.2) is 0 Å². The zero-order valence-electron chi connectivity index (χ0n) is 14.6. The molecule has 0 bridgehead atoms. The average molecular weight is 410 g/mol. The number of fused-ring (bicyclic) bond motifs is 1. The van der Waals surface area contributed by atoms with Crippen LogP contribution in [0.3, 0.4) is 0 Å². The quantitative estimate of drug-likeness (QED) is 0.651. The zero-order chi connectivity index (χ0) is 17.9. The van der Waals surface area contributed by atoms with Gasteiger partial charge in [0.2, 0.25) is 0 Å². The highest BCUT2D eigenvalue weighted by atomic mass is 79.9. The standard InChI is InChI=1S/C21H20BrN3O/c1-15-23-8-9-25(15)13-16-2-5-20(6-3-16)24-12-17-10-18-11-19(22)4-7-21(18)26-14-17/h2-11,24H,12-14H2,1H3. The summed E-state index contributed by atoms with van der Waals surface area (Å²) < 4.78 is 9.04. The Morgan fingerprint density at radius 2 is 2.04 bits per heavy atom. The number of anilines is 1. The lowest BCUT2D eigenvalue weighted by molar-refractivity contribution is 0.346. The maximum atomic E-state index is 5.83. The predicted octanol–water partition coefficient (Wildman–Crippen LogP) is 4.89. The molecule has 3 aromatic rings. The molecule has 4 nitrogen and oxygen atoms in total. The van der Waals surface area contributed by atoms with E-state index in [0.29, 0.717) is 6.61 Å². The van der Waals surface area contributed by atoms with Crippen molar-refractivity contribution in [3.05, 3.63) is 81.9 Å². The van der Waals surface area contributed by atoms with E-state index in [0.717, 1.165) is 40.4 Å². The van der Waals surface area contributed by atoms with Crippen LogP contribution in [0.25, 0.3) is 6.08 Å². The molecule has 0 atom stereocenters. The minimum Gasteiger partial charge on any atom is -0.489 e. The molecule has 0 spiro atoms. The number of hydrogen-bond acceptors (Lipinski definition) is 3. The molecule has 2 aromatic carbocycles. The van der Waals surface area contributed by atoms with Crippen LogP contribution in [0, 0.1) is 6.92 Å². The van der Waals surface area contributed by atoms with E-state index in [1.165, 1.54) is 11.1 Å². The smallest absolute Gasteiger partial charge is 0.127 e. The molecular formula is C21H20BrN3O. The number of aryl methyl sites for hydroxylation is 1. The van der Waals surface area contributed by atoms with E-state index in [2.05, 4.69) is 67.2 Å². The van der Waals surface area contributed by atoms with Crippen molar-refractivity contribution >= 4 is 27.7 Å². The minimum atomic E-state index is 0.625. The summed E-state index contributed by atoms with van der Waals surface area (Å²) in [4.78, 5) is 4.26. The van der Waals surface area contributed by atoms with Crippen LogP contribution in [0.5, 0.6) is 5.75 Å². The topological polar surface area (TPSA) is 39.1 Å². The Morgan fingerprint density at radius 3 is 2.81 bits per heavy atom. The van der Waals surface area contributed by atoms with Gasteiger partial charge in [-0.15, -0.1) is 0 Å². The third-order valence-electron chi connectivity index (χ3n) is 4.49. The number of nitrogens with one attached hydrogen (secondary N) is 1. The SMILES string of the molecule is Cc1nccn1Cc1ccc(NCC2=Cc3cc(Br)ccc3OC2)cc1. The van der Waals surface area contributed by atoms with Gasteiger partial charge >= 0.3 is 0 Å². The first-order chi connectivity index (χ1) is 12.7. The summed E-state index contributed by atoms with van der Waals surface area (Å²) in [5.41, 5.74) is 4.72. The van der Waals surface area contributed by atoms with Gasteiger partial charge in [0.05, 0.1) is 0 Å². The molecule has 5 heteroatoms. The summed E-state index contributed by atoms with van der Waals surface area (Å²) in [5.74, 6) is 1.97. The highest BCUT2D eigenvalue weighted by molar-refractivity contribution is 9.10. The normalized spacial score (nSPS) is 12.9. The van der Waals surface area contributed by atoms with Gasteiger partial charge in [0.1, 0.15) is 18.2 Å². The van der Waals surface area contributed by atoms with Gasteiger partial charge < -0.3 is 14.6 Å². The molecule has 0 fully saturated rings. The fourth-order valence-electron chi connectivity index (χ4n) is 3.01. The van der Waals surface area contributed by atoms with Crippen LogP contribution in [0.2, 0.25) is 0 Å². The summed E-state index contributed by atoms with van der Waals surface area (Å²) in [7, 11) is 0. The van der Waals surface area contributed by atoms with Gasteiger partial charge in [-0.2, -0.15) is 0 Å². The highest BCUT2D eigenvalue weighted by Gasteiger charge is 2.11. The number of halogens is 1. The Hall–Kier alpha value is -2.53. The van der Waals surface area contributed by atoms with Crippen molar-refractivity contribution in [3.8, 4) is 5.75 Å². The maximum Gasteiger partial charge on any atom is 0.127 e. The third-order valence-corrected chi connectivity index (χ3v) is 4.99. The predicted molar refractivity (Wildman–Crippen MR) is 109 cm³/mol. The highest BCUT2D eigenvalue weighted by Crippen LogP contribution is 2.29. The van der Waals surface area contributed by atoms with E-state index in [9.17, 15) is 0 Å². The van der Waals surface area contributed by atoms with Gasteiger partial charge in [0, 0.05) is 41.2 Å². The van der Waals surface area contributed by atoms with Gasteiger partial charge in [-0.1, -0.05) is 28.1 Å². The summed E-state index contributed by atoms with van der Waals surface area (Å²) in [6, 6.07) is 14.6. The van der Waals surface area contributed by atoms with Crippen molar-refractivity contribution in [3.63, 3.8) is 0 Å². The molecule has 132 valence electrons. The molecule has 4 rings (SSSR count). The van der Waals surface area contributed by atoms with Crippen LogP contribution in [0.1, 0.15) is 17.0 Å². The molecule has 1 N–H and O–H groups in total. The van der Waals surface area contributed by atoms with Crippen molar-refractivity contribution in [1.82, 2.24) is 9.55 Å². The summed E-state index contributed by atoms with van der Waals surface area (Å²) in [6.07, 6.45) is 6.04. The first-order valence-electron chi connectivity index (χ1n) is 8.60. The van der Waals surface area contributed by atoms with Gasteiger partial charge in [-0.3, -0.25) is 0 Å². The van der Waals surface area contributed by atoms with Crippen LogP contribution >= 0.6 is 15.9 Å². The fourth-order valence-corrected chi connectivity index (χ4v) is 3.39. The Morgan fingerprint density at radius 1 is 1.19 bits per heavy atom. The minimum absolute atomic E-state index is 0.625. The molecule has 0 radical (unpaired) electrons. The lowest BCUT2D eigenvalue weighted by atomic mass is 10.1. The van der Waals surface area contributed by atoms with E-state index in [-0.39, 0.29) is 0 Å². The average Bonchev–Trinajstić information content (AvgIpc) is 3.05. The fraction of sp³-hybridized carbons (Fsp3) is 0.190. The molecule has 26 heavy (non-hydrogen) atoms. The maximum absolute atomic E-state index is 5.83.